The Bertz CT molecular complexity index is 401. The summed E-state index contributed by atoms with van der Waals surface area (Å²) in [5.74, 6) is 0. The highest BCUT2D eigenvalue weighted by Gasteiger charge is 2.22. The molecule has 0 saturated carbocycles. The van der Waals surface area contributed by atoms with Gasteiger partial charge in [0.1, 0.15) is 0 Å². The van der Waals surface area contributed by atoms with Crippen LogP contribution in [-0.2, 0) is 12.8 Å². The zero-order chi connectivity index (χ0) is 17.0. The third kappa shape index (κ3) is 8.53. The van der Waals surface area contributed by atoms with E-state index in [4.69, 9.17) is 5.73 Å². The van der Waals surface area contributed by atoms with Crippen molar-refractivity contribution >= 4 is 0 Å². The Balaban J connectivity index is 2.30. The molecule has 1 rings (SSSR count). The van der Waals surface area contributed by atoms with Crippen LogP contribution in [0.15, 0.2) is 24.3 Å². The summed E-state index contributed by atoms with van der Waals surface area (Å²) in [6, 6.07) is 8.99. The van der Waals surface area contributed by atoms with Gasteiger partial charge in [-0.3, -0.25) is 0 Å². The molecule has 1 atom stereocenters. The van der Waals surface area contributed by atoms with E-state index in [1.165, 1.54) is 56.1 Å². The topological polar surface area (TPSA) is 46.2 Å². The van der Waals surface area contributed by atoms with Gasteiger partial charge in [0.25, 0.3) is 0 Å². The first-order valence-corrected chi connectivity index (χ1v) is 9.61. The van der Waals surface area contributed by atoms with Gasteiger partial charge >= 0.3 is 0 Å². The number of aryl methyl sites for hydroxylation is 2. The second-order valence-corrected chi connectivity index (χ2v) is 7.10. The Hall–Kier alpha value is -0.860. The molecule has 0 bridgehead atoms. The molecule has 1 unspecified atom stereocenters. The van der Waals surface area contributed by atoms with Gasteiger partial charge in [0.05, 0.1) is 6.61 Å². The summed E-state index contributed by atoms with van der Waals surface area (Å²) >= 11 is 0. The fraction of sp³-hybridized carbons (Fsp3) is 0.714. The van der Waals surface area contributed by atoms with Crippen LogP contribution in [0, 0.1) is 0 Å². The fourth-order valence-corrected chi connectivity index (χ4v) is 3.16. The van der Waals surface area contributed by atoms with Crippen molar-refractivity contribution in [3.8, 4) is 0 Å². The van der Waals surface area contributed by atoms with Gasteiger partial charge in [0.15, 0.2) is 0 Å². The number of aliphatic hydroxyl groups is 1. The summed E-state index contributed by atoms with van der Waals surface area (Å²) in [5.41, 5.74) is 8.61. The van der Waals surface area contributed by atoms with Crippen LogP contribution < -0.4 is 5.73 Å². The van der Waals surface area contributed by atoms with Gasteiger partial charge in [0.2, 0.25) is 0 Å². The number of hydrogen-bond acceptors (Lipinski definition) is 2. The summed E-state index contributed by atoms with van der Waals surface area (Å²) in [6.07, 6.45) is 13.0. The quantitative estimate of drug-likeness (QED) is 0.502. The number of nitrogens with two attached hydrogens (primary N) is 1. The van der Waals surface area contributed by atoms with Crippen LogP contribution in [-0.4, -0.2) is 17.3 Å². The first-order valence-electron chi connectivity index (χ1n) is 9.61. The average Bonchev–Trinajstić information content (AvgIpc) is 2.57. The van der Waals surface area contributed by atoms with Gasteiger partial charge in [-0.1, -0.05) is 76.6 Å². The van der Waals surface area contributed by atoms with Gasteiger partial charge in [0, 0.05) is 5.54 Å². The summed E-state index contributed by atoms with van der Waals surface area (Å²) in [5, 5.41) is 9.49. The molecule has 0 aliphatic heterocycles. The van der Waals surface area contributed by atoms with Crippen molar-refractivity contribution in [1.82, 2.24) is 0 Å². The zero-order valence-electron chi connectivity index (χ0n) is 15.3. The van der Waals surface area contributed by atoms with Crippen molar-refractivity contribution < 1.29 is 5.11 Å². The van der Waals surface area contributed by atoms with Crippen LogP contribution in [0.1, 0.15) is 82.8 Å². The fourth-order valence-electron chi connectivity index (χ4n) is 3.16. The average molecular weight is 320 g/mol. The minimum atomic E-state index is -0.411. The van der Waals surface area contributed by atoms with Crippen LogP contribution in [0.4, 0.5) is 0 Å². The molecule has 0 aliphatic rings. The summed E-state index contributed by atoms with van der Waals surface area (Å²) in [7, 11) is 0. The van der Waals surface area contributed by atoms with E-state index < -0.39 is 5.54 Å². The smallest absolute Gasteiger partial charge is 0.0611 e. The lowest BCUT2D eigenvalue weighted by atomic mass is 9.88. The van der Waals surface area contributed by atoms with Gasteiger partial charge in [-0.05, 0) is 43.2 Å². The third-order valence-electron chi connectivity index (χ3n) is 4.82. The van der Waals surface area contributed by atoms with E-state index >= 15 is 0 Å². The molecule has 23 heavy (non-hydrogen) atoms. The molecule has 3 N–H and O–H groups in total. The van der Waals surface area contributed by atoms with Crippen molar-refractivity contribution in [2.45, 2.75) is 90.0 Å². The molecule has 0 aliphatic carbocycles. The number of unbranched alkanes of at least 4 members (excludes halogenated alkanes) is 5. The predicted molar refractivity (Wildman–Crippen MR) is 101 cm³/mol. The van der Waals surface area contributed by atoms with Crippen LogP contribution in [0.2, 0.25) is 0 Å². The van der Waals surface area contributed by atoms with Crippen molar-refractivity contribution in [1.29, 1.82) is 0 Å². The molecule has 1 aromatic carbocycles. The number of rotatable bonds is 13. The molecule has 2 heteroatoms. The number of benzene rings is 1. The van der Waals surface area contributed by atoms with Crippen molar-refractivity contribution in [2.75, 3.05) is 6.61 Å². The Kier molecular flexibility index (Phi) is 10.2. The van der Waals surface area contributed by atoms with E-state index in [0.29, 0.717) is 0 Å². The van der Waals surface area contributed by atoms with E-state index in [1.54, 1.807) is 0 Å². The van der Waals surface area contributed by atoms with Crippen molar-refractivity contribution in [2.24, 2.45) is 5.73 Å². The van der Waals surface area contributed by atoms with Gasteiger partial charge in [-0.25, -0.2) is 0 Å². The van der Waals surface area contributed by atoms with Gasteiger partial charge in [-0.2, -0.15) is 0 Å². The molecule has 132 valence electrons. The lowest BCUT2D eigenvalue weighted by Gasteiger charge is -2.26. The highest BCUT2D eigenvalue weighted by atomic mass is 16.3. The summed E-state index contributed by atoms with van der Waals surface area (Å²) in [6.45, 7) is 4.46. The Morgan fingerprint density at radius 3 is 1.91 bits per heavy atom. The molecule has 0 spiro atoms. The Labute approximate surface area is 143 Å². The number of hydrogen-bond donors (Lipinski definition) is 2. The highest BCUT2D eigenvalue weighted by molar-refractivity contribution is 5.23. The maximum atomic E-state index is 9.49. The maximum Gasteiger partial charge on any atom is 0.0611 e. The molecule has 0 amide bonds. The molecule has 0 heterocycles. The third-order valence-corrected chi connectivity index (χ3v) is 4.82. The second-order valence-electron chi connectivity index (χ2n) is 7.10. The molecule has 0 aromatic heterocycles. The Morgan fingerprint density at radius 1 is 0.783 bits per heavy atom. The normalized spacial score (nSPS) is 13.9. The van der Waals surface area contributed by atoms with E-state index in [9.17, 15) is 5.11 Å². The lowest BCUT2D eigenvalue weighted by Crippen LogP contribution is -2.43. The van der Waals surface area contributed by atoms with E-state index in [-0.39, 0.29) is 6.61 Å². The Morgan fingerprint density at radius 2 is 1.35 bits per heavy atom. The maximum absolute atomic E-state index is 9.49. The highest BCUT2D eigenvalue weighted by Crippen LogP contribution is 2.18. The van der Waals surface area contributed by atoms with Crippen LogP contribution in [0.3, 0.4) is 0 Å². The van der Waals surface area contributed by atoms with Crippen molar-refractivity contribution in [3.05, 3.63) is 35.4 Å². The van der Waals surface area contributed by atoms with Crippen LogP contribution in [0.5, 0.6) is 0 Å². The lowest BCUT2D eigenvalue weighted by molar-refractivity contribution is 0.177. The van der Waals surface area contributed by atoms with Crippen molar-refractivity contribution in [3.63, 3.8) is 0 Å². The summed E-state index contributed by atoms with van der Waals surface area (Å²) in [4.78, 5) is 0. The first kappa shape index (κ1) is 20.2. The minimum Gasteiger partial charge on any atom is -0.394 e. The standard InChI is InChI=1S/C21H37NO/c1-3-5-6-7-8-9-10-19-11-13-20(14-12-19)15-17-21(22,18-23)16-4-2/h11-14,23H,3-10,15-18,22H2,1-2H3. The molecule has 0 saturated heterocycles. The van der Waals surface area contributed by atoms with Gasteiger partial charge < -0.3 is 10.8 Å². The molecular weight excluding hydrogens is 282 g/mol. The molecule has 0 radical (unpaired) electrons. The van der Waals surface area contributed by atoms with Crippen LogP contribution in [0.25, 0.3) is 0 Å². The molecule has 1 aromatic rings. The summed E-state index contributed by atoms with van der Waals surface area (Å²) < 4.78 is 0. The largest absolute Gasteiger partial charge is 0.394 e. The zero-order valence-corrected chi connectivity index (χ0v) is 15.3. The predicted octanol–water partition coefficient (Wildman–Crippen LogP) is 5.01. The van der Waals surface area contributed by atoms with Gasteiger partial charge in [-0.15, -0.1) is 0 Å². The van der Waals surface area contributed by atoms with E-state index in [1.807, 2.05) is 0 Å². The molecule has 2 nitrogen and oxygen atoms in total. The van der Waals surface area contributed by atoms with E-state index in [0.717, 1.165) is 25.7 Å². The monoisotopic (exact) mass is 319 g/mol. The number of aliphatic hydroxyl groups excluding tert-OH is 1. The van der Waals surface area contributed by atoms with Crippen LogP contribution >= 0.6 is 0 Å². The molecular formula is C21H37NO. The first-order chi connectivity index (χ1) is 11.1. The second kappa shape index (κ2) is 11.6. The minimum absolute atomic E-state index is 0.0803. The SMILES string of the molecule is CCCCCCCCc1ccc(CCC(N)(CO)CCC)cc1. The van der Waals surface area contributed by atoms with E-state index in [2.05, 4.69) is 38.1 Å². The molecule has 0 fully saturated rings.